The molecule has 0 saturated carbocycles. The van der Waals surface area contributed by atoms with Crippen LogP contribution in [0.5, 0.6) is 0 Å². The number of alkyl halides is 4. The zero-order valence-corrected chi connectivity index (χ0v) is 30.3. The summed E-state index contributed by atoms with van der Waals surface area (Å²) in [7, 11) is 0. The Bertz CT molecular complexity index is 1890. The zero-order chi connectivity index (χ0) is 29.3. The minimum absolute atomic E-state index is 1.16. The van der Waals surface area contributed by atoms with Crippen molar-refractivity contribution in [3.8, 4) is 0 Å². The summed E-state index contributed by atoms with van der Waals surface area (Å²) < 4.78 is 0.703. The topological polar surface area (TPSA) is 0 Å². The van der Waals surface area contributed by atoms with Crippen LogP contribution in [-0.2, 0) is 0 Å². The molecular weight excluding hydrogens is 858 g/mol. The molecule has 0 N–H and O–H groups in total. The summed E-state index contributed by atoms with van der Waals surface area (Å²) in [5.74, 6) is 0. The molecule has 0 aliphatic rings. The van der Waals surface area contributed by atoms with Crippen molar-refractivity contribution in [2.24, 2.45) is 0 Å². The lowest BCUT2D eigenvalue weighted by molar-refractivity contribution is 1.73. The summed E-state index contributed by atoms with van der Waals surface area (Å²) in [5.41, 5.74) is 0. The molecule has 0 bridgehead atoms. The van der Waals surface area contributed by atoms with Gasteiger partial charge in [-0.15, -0.1) is 0 Å². The van der Waals surface area contributed by atoms with Gasteiger partial charge < -0.3 is 0 Å². The predicted octanol–water partition coefficient (Wildman–Crippen LogP) is 14.9. The summed E-state index contributed by atoms with van der Waals surface area (Å²) in [6.07, 6.45) is 0. The monoisotopic (exact) mass is 870 g/mol. The maximum atomic E-state index is 4.83. The third-order valence-electron chi connectivity index (χ3n) is 6.95. The average Bonchev–Trinajstić information content (AvgIpc) is 2.97. The van der Waals surface area contributed by atoms with Crippen LogP contribution in [0.15, 0.2) is 118 Å². The highest BCUT2D eigenvalue weighted by atomic mass is 80.9. The molecule has 0 aliphatic carbocycles. The van der Waals surface area contributed by atoms with E-state index in [0.29, 0.717) is 0 Å². The Labute approximate surface area is 289 Å². The van der Waals surface area contributed by atoms with E-state index in [2.05, 4.69) is 169 Å². The fourth-order valence-electron chi connectivity index (χ4n) is 5.40. The first-order chi connectivity index (χ1) is 19.7. The van der Waals surface area contributed by atoms with Gasteiger partial charge in [-0.2, -0.15) is 0 Å². The zero-order valence-electron chi connectivity index (χ0n) is 20.9. The Kier molecular flexibility index (Phi) is 10.2. The van der Waals surface area contributed by atoms with Crippen LogP contribution in [-0.4, -0.2) is 3.25 Å². The van der Waals surface area contributed by atoms with E-state index in [4.69, 9.17) is 46.4 Å². The molecule has 0 amide bonds. The second-order valence-corrected chi connectivity index (χ2v) is 14.4. The van der Waals surface area contributed by atoms with Crippen LogP contribution < -0.4 is 0 Å². The lowest BCUT2D eigenvalue weighted by Crippen LogP contribution is -1.85. The maximum Gasteiger partial charge on any atom is 0.266 e. The fraction of sp³-hybridized carbons (Fsp3) is 0.0303. The number of benzene rings is 8. The van der Waals surface area contributed by atoms with Crippen molar-refractivity contribution in [2.45, 2.75) is 3.25 Å². The van der Waals surface area contributed by atoms with Crippen LogP contribution in [0.1, 0.15) is 0 Å². The second kappa shape index (κ2) is 13.3. The third kappa shape index (κ3) is 6.71. The van der Waals surface area contributed by atoms with Crippen LogP contribution in [0, 0.1) is 0 Å². The van der Waals surface area contributed by atoms with Gasteiger partial charge in [0.1, 0.15) is 0 Å². The van der Waals surface area contributed by atoms with Crippen molar-refractivity contribution in [2.75, 3.05) is 0 Å². The van der Waals surface area contributed by atoms with Gasteiger partial charge in [0.2, 0.25) is 0 Å². The van der Waals surface area contributed by atoms with Crippen molar-refractivity contribution >= 4 is 171 Å². The van der Waals surface area contributed by atoms with Crippen LogP contribution >= 0.6 is 107 Å². The normalized spacial score (nSPS) is 11.4. The number of hydrogen-bond donors (Lipinski definition) is 0. The Morgan fingerprint density at radius 3 is 0.927 bits per heavy atom. The molecule has 0 radical (unpaired) electrons. The number of halogens is 8. The first kappa shape index (κ1) is 31.3. The molecule has 0 spiro atoms. The second-order valence-electron chi connectivity index (χ2n) is 9.24. The van der Waals surface area contributed by atoms with Crippen LogP contribution in [0.25, 0.3) is 64.6 Å². The van der Waals surface area contributed by atoms with Crippen molar-refractivity contribution in [3.63, 3.8) is 0 Å². The molecule has 8 heteroatoms. The van der Waals surface area contributed by atoms with Crippen molar-refractivity contribution in [1.82, 2.24) is 0 Å². The van der Waals surface area contributed by atoms with Crippen molar-refractivity contribution < 1.29 is 0 Å². The van der Waals surface area contributed by atoms with Crippen LogP contribution in [0.4, 0.5) is 0 Å². The molecule has 0 aromatic heterocycles. The van der Waals surface area contributed by atoms with Crippen molar-refractivity contribution in [1.29, 1.82) is 0 Å². The summed E-state index contributed by atoms with van der Waals surface area (Å²) in [5, 5.41) is 16.0. The van der Waals surface area contributed by atoms with E-state index in [9.17, 15) is 0 Å². The largest absolute Gasteiger partial charge is 0.266 e. The third-order valence-corrected chi connectivity index (χ3v) is 8.33. The molecule has 0 aliphatic heterocycles. The van der Waals surface area contributed by atoms with E-state index in [0.717, 1.165) is 8.95 Å². The Balaban J connectivity index is 0.000000136. The van der Waals surface area contributed by atoms with Gasteiger partial charge in [-0.3, -0.25) is 0 Å². The van der Waals surface area contributed by atoms with Gasteiger partial charge in [0.25, 0.3) is 3.25 Å². The lowest BCUT2D eigenvalue weighted by atomic mass is 9.94. The minimum atomic E-state index is -1.61. The van der Waals surface area contributed by atoms with Gasteiger partial charge in [0.05, 0.1) is 0 Å². The van der Waals surface area contributed by atoms with Crippen LogP contribution in [0.3, 0.4) is 0 Å². The fourth-order valence-corrected chi connectivity index (χ4v) is 6.32. The van der Waals surface area contributed by atoms with E-state index in [1.54, 1.807) is 0 Å². The van der Waals surface area contributed by atoms with E-state index in [1.165, 1.54) is 64.6 Å². The predicted molar refractivity (Wildman–Crippen MR) is 200 cm³/mol. The first-order valence-corrected chi connectivity index (χ1v) is 19.0. The summed E-state index contributed by atoms with van der Waals surface area (Å²) in [6, 6.07) is 39.2. The van der Waals surface area contributed by atoms with E-state index in [1.807, 2.05) is 0 Å². The van der Waals surface area contributed by atoms with Crippen molar-refractivity contribution in [3.05, 3.63) is 118 Å². The van der Waals surface area contributed by atoms with E-state index >= 15 is 0 Å². The van der Waals surface area contributed by atoms with E-state index in [-0.39, 0.29) is 0 Å². The molecule has 206 valence electrons. The molecule has 0 fully saturated rings. The molecule has 0 heterocycles. The molecule has 41 heavy (non-hydrogen) atoms. The Hall–Kier alpha value is -1.08. The Morgan fingerprint density at radius 1 is 0.366 bits per heavy atom. The molecule has 0 nitrogen and oxygen atoms in total. The highest BCUT2D eigenvalue weighted by Gasteiger charge is 2.12. The standard InChI is InChI=1S/C16H8Br2.C16H10.CCl4.Br2/c17-13-8-4-10-2-6-12-14(18)7-3-9-1-5-11(13)16(10)15(9)12;1-3-11-7-9-13-5-2-6-14-10-8-12(4-1)15(11)16(13)14;2-1(3,4)5;1-2/h1-8H;1-10H;;. The van der Waals surface area contributed by atoms with Gasteiger partial charge in [-0.05, 0) is 76.8 Å². The smallest absolute Gasteiger partial charge is 0.0664 e. The number of hydrogen-bond acceptors (Lipinski definition) is 0. The van der Waals surface area contributed by atoms with Gasteiger partial charge in [0.15, 0.2) is 0 Å². The molecule has 8 aromatic rings. The lowest BCUT2D eigenvalue weighted by Gasteiger charge is -2.12. The average molecular weight is 876 g/mol. The molecule has 8 aromatic carbocycles. The van der Waals surface area contributed by atoms with E-state index < -0.39 is 3.25 Å². The summed E-state index contributed by atoms with van der Waals surface area (Å²) in [6.45, 7) is 0. The molecule has 0 unspecified atom stereocenters. The number of rotatable bonds is 0. The SMILES string of the molecule is BrBr.Brc1ccc2ccc3c(Br)ccc4ccc1c2c43.ClC(Cl)(Cl)Cl.c1cc2ccc3cccc4ccc(c1)c2c34. The highest BCUT2D eigenvalue weighted by Crippen LogP contribution is 2.40. The summed E-state index contributed by atoms with van der Waals surface area (Å²) in [4.78, 5) is 0. The molecular formula is C33H18Br4Cl4. The Morgan fingerprint density at radius 2 is 0.610 bits per heavy atom. The molecule has 8 rings (SSSR count). The minimum Gasteiger partial charge on any atom is -0.0664 e. The van der Waals surface area contributed by atoms with Gasteiger partial charge in [0, 0.05) is 37.2 Å². The molecule has 0 atom stereocenters. The quantitative estimate of drug-likeness (QED) is 0.105. The van der Waals surface area contributed by atoms with Gasteiger partial charge in [-0.25, -0.2) is 0 Å². The van der Waals surface area contributed by atoms with Gasteiger partial charge >= 0.3 is 0 Å². The maximum absolute atomic E-state index is 4.83. The summed E-state index contributed by atoms with van der Waals surface area (Å²) >= 11 is 32.1. The molecule has 0 saturated heterocycles. The van der Waals surface area contributed by atoms with Crippen LogP contribution in [0.2, 0.25) is 0 Å². The highest BCUT2D eigenvalue weighted by molar-refractivity contribution is 9.93. The van der Waals surface area contributed by atoms with Gasteiger partial charge in [-0.1, -0.05) is 175 Å². The first-order valence-electron chi connectivity index (χ1n) is 12.2.